The van der Waals surface area contributed by atoms with Gasteiger partial charge < -0.3 is 15.0 Å². The van der Waals surface area contributed by atoms with E-state index in [2.05, 4.69) is 21.1 Å². The first kappa shape index (κ1) is 32.4. The maximum atomic E-state index is 14.1. The van der Waals surface area contributed by atoms with Crippen molar-refractivity contribution in [3.05, 3.63) is 102 Å². The fraction of sp³-hybridized carbons (Fsp3) is 0.314. The number of likely N-dealkylation sites (tertiary alicyclic amines) is 1. The summed E-state index contributed by atoms with van der Waals surface area (Å²) >= 11 is 0. The molecule has 2 N–H and O–H groups in total. The van der Waals surface area contributed by atoms with Crippen LogP contribution >= 0.6 is 0 Å². The number of sulfonamides is 1. The highest BCUT2D eigenvalue weighted by molar-refractivity contribution is 7.94. The number of amides is 2. The van der Waals surface area contributed by atoms with Crippen LogP contribution in [0.15, 0.2) is 85.1 Å². The second-order valence-electron chi connectivity index (χ2n) is 11.6. The minimum Gasteiger partial charge on any atom is -0.491 e. The number of ether oxygens (including phenoxy) is 1. The molecule has 0 saturated carbocycles. The number of aromatic nitrogens is 1. The Labute approximate surface area is 269 Å². The summed E-state index contributed by atoms with van der Waals surface area (Å²) in [4.78, 5) is 33.8. The molecule has 11 heteroatoms. The molecule has 46 heavy (non-hydrogen) atoms. The summed E-state index contributed by atoms with van der Waals surface area (Å²) in [5, 5.41) is 11.2. The van der Waals surface area contributed by atoms with Crippen LogP contribution in [-0.4, -0.2) is 60.6 Å². The molecule has 1 aromatic heterocycles. The number of carbonyl (C=O) groups is 2. The Kier molecular flexibility index (Phi) is 10.2. The van der Waals surface area contributed by atoms with Crippen molar-refractivity contribution in [2.24, 2.45) is 0 Å². The smallest absolute Gasteiger partial charge is 0.245 e. The molecule has 1 aliphatic heterocycles. The molecule has 3 aromatic carbocycles. The van der Waals surface area contributed by atoms with Crippen molar-refractivity contribution in [2.45, 2.75) is 56.9 Å². The van der Waals surface area contributed by atoms with Gasteiger partial charge in [0.1, 0.15) is 11.8 Å². The molecule has 0 radical (unpaired) electrons. The average molecular weight is 640 g/mol. The molecule has 1 saturated heterocycles. The largest absolute Gasteiger partial charge is 0.491 e. The molecular formula is C35H37N5O5S. The van der Waals surface area contributed by atoms with Crippen LogP contribution < -0.4 is 14.8 Å². The first-order valence-corrected chi connectivity index (χ1v) is 16.9. The Hall–Kier alpha value is -4.95. The van der Waals surface area contributed by atoms with Gasteiger partial charge in [0.25, 0.3) is 0 Å². The van der Waals surface area contributed by atoms with Gasteiger partial charge in [-0.1, -0.05) is 42.5 Å². The lowest BCUT2D eigenvalue weighted by Gasteiger charge is -2.26. The van der Waals surface area contributed by atoms with Crippen LogP contribution in [0.25, 0.3) is 10.9 Å². The first-order chi connectivity index (χ1) is 22.1. The van der Waals surface area contributed by atoms with E-state index in [-0.39, 0.29) is 30.5 Å². The van der Waals surface area contributed by atoms with Crippen LogP contribution in [0.2, 0.25) is 0 Å². The average Bonchev–Trinajstić information content (AvgIpc) is 3.59. The Balaban J connectivity index is 1.46. The highest BCUT2D eigenvalue weighted by Gasteiger charge is 2.37. The highest BCUT2D eigenvalue weighted by atomic mass is 32.2. The fourth-order valence-electron chi connectivity index (χ4n) is 5.52. The normalized spacial score (nSPS) is 14.4. The molecule has 5 rings (SSSR count). The van der Waals surface area contributed by atoms with E-state index >= 15 is 0 Å². The van der Waals surface area contributed by atoms with Crippen LogP contribution in [0.5, 0.6) is 5.75 Å². The van der Waals surface area contributed by atoms with E-state index in [0.29, 0.717) is 35.5 Å². The van der Waals surface area contributed by atoms with Crippen LogP contribution in [0.4, 0.5) is 5.69 Å². The predicted molar refractivity (Wildman–Crippen MR) is 177 cm³/mol. The predicted octanol–water partition coefficient (Wildman–Crippen LogP) is 4.60. The molecule has 238 valence electrons. The minimum absolute atomic E-state index is 0.0376. The van der Waals surface area contributed by atoms with Gasteiger partial charge in [-0.3, -0.25) is 19.3 Å². The number of nitrogens with zero attached hydrogens (tertiary/aromatic N) is 3. The van der Waals surface area contributed by atoms with Gasteiger partial charge in [-0.05, 0) is 80.6 Å². The molecule has 4 aromatic rings. The van der Waals surface area contributed by atoms with Crippen molar-refractivity contribution < 1.29 is 22.7 Å². The van der Waals surface area contributed by atoms with Crippen LogP contribution in [0.1, 0.15) is 43.4 Å². The minimum atomic E-state index is -4.36. The summed E-state index contributed by atoms with van der Waals surface area (Å²) in [6.07, 6.45) is 3.25. The van der Waals surface area contributed by atoms with Crippen molar-refractivity contribution >= 4 is 38.4 Å². The van der Waals surface area contributed by atoms with E-state index < -0.39 is 27.2 Å². The number of nitrogens with one attached hydrogen (secondary N) is 2. The second kappa shape index (κ2) is 14.4. The van der Waals surface area contributed by atoms with Crippen molar-refractivity contribution in [2.75, 3.05) is 17.8 Å². The summed E-state index contributed by atoms with van der Waals surface area (Å²) in [6.45, 7) is 4.96. The lowest BCUT2D eigenvalue weighted by molar-refractivity contribution is -0.135. The summed E-state index contributed by atoms with van der Waals surface area (Å²) in [5.41, 5.74) is 2.51. The summed E-state index contributed by atoms with van der Waals surface area (Å²) in [7, 11) is -4.36. The van der Waals surface area contributed by atoms with Crippen molar-refractivity contribution in [3.8, 4) is 11.8 Å². The summed E-state index contributed by atoms with van der Waals surface area (Å²) < 4.78 is 36.5. The number of anilines is 1. The number of para-hydroxylation sites is 1. The zero-order chi connectivity index (χ0) is 32.7. The lowest BCUT2D eigenvalue weighted by atomic mass is 10.0. The van der Waals surface area contributed by atoms with Gasteiger partial charge in [0.2, 0.25) is 21.8 Å². The van der Waals surface area contributed by atoms with E-state index in [4.69, 9.17) is 4.74 Å². The third-order valence-corrected chi connectivity index (χ3v) is 9.46. The van der Waals surface area contributed by atoms with E-state index in [0.717, 1.165) is 23.8 Å². The summed E-state index contributed by atoms with van der Waals surface area (Å²) in [5.74, 6) is -0.441. The zero-order valence-corrected chi connectivity index (χ0v) is 26.7. The fourth-order valence-corrected chi connectivity index (χ4v) is 6.89. The van der Waals surface area contributed by atoms with Crippen molar-refractivity contribution in [1.82, 2.24) is 15.2 Å². The first-order valence-electron chi connectivity index (χ1n) is 15.3. The molecule has 2 unspecified atom stereocenters. The molecule has 0 aliphatic carbocycles. The van der Waals surface area contributed by atoms with E-state index in [1.165, 1.54) is 0 Å². The number of carbonyl (C=O) groups excluding carboxylic acids is 2. The van der Waals surface area contributed by atoms with Gasteiger partial charge in [0.15, 0.2) is 5.25 Å². The molecule has 1 aliphatic rings. The van der Waals surface area contributed by atoms with Gasteiger partial charge >= 0.3 is 0 Å². The number of hydrogen-bond acceptors (Lipinski definition) is 7. The van der Waals surface area contributed by atoms with Gasteiger partial charge in [-0.25, -0.2) is 8.42 Å². The Morgan fingerprint density at radius 1 is 0.935 bits per heavy atom. The molecule has 1 fully saturated rings. The van der Waals surface area contributed by atoms with E-state index in [1.54, 1.807) is 77.8 Å². The number of hydrogen-bond donors (Lipinski definition) is 2. The third-order valence-electron chi connectivity index (χ3n) is 7.82. The van der Waals surface area contributed by atoms with Gasteiger partial charge in [0, 0.05) is 31.1 Å². The van der Waals surface area contributed by atoms with Crippen LogP contribution in [-0.2, 0) is 32.5 Å². The Morgan fingerprint density at radius 3 is 2.26 bits per heavy atom. The zero-order valence-electron chi connectivity index (χ0n) is 25.8. The monoisotopic (exact) mass is 639 g/mol. The standard InChI is InChI=1S/C35H37N5O5S/c1-24(2)45-29-16-14-26(15-17-29)22-32(46(43,44)39-30-9-5-7-28-8-6-18-37-33(28)30)34(41)38-31(35(42)40-19-3-4-20-40)21-25-10-12-27(23-36)13-11-25/h5-18,24,31-32,39H,3-4,19-22H2,1-2H3,(H,38,41). The Morgan fingerprint density at radius 2 is 1.59 bits per heavy atom. The molecule has 0 bridgehead atoms. The summed E-state index contributed by atoms with van der Waals surface area (Å²) in [6, 6.07) is 23.5. The van der Waals surface area contributed by atoms with Gasteiger partial charge in [-0.15, -0.1) is 0 Å². The quantitative estimate of drug-likeness (QED) is 0.231. The maximum absolute atomic E-state index is 14.1. The topological polar surface area (TPSA) is 141 Å². The number of pyridine rings is 1. The number of fused-ring (bicyclic) bond motifs is 1. The van der Waals surface area contributed by atoms with Crippen molar-refractivity contribution in [1.29, 1.82) is 5.26 Å². The maximum Gasteiger partial charge on any atom is 0.245 e. The van der Waals surface area contributed by atoms with E-state index in [9.17, 15) is 23.3 Å². The van der Waals surface area contributed by atoms with Crippen LogP contribution in [0.3, 0.4) is 0 Å². The Bertz CT molecular complexity index is 1820. The number of benzene rings is 3. The number of nitriles is 1. The van der Waals surface area contributed by atoms with Gasteiger partial charge in [-0.2, -0.15) is 5.26 Å². The highest BCUT2D eigenvalue weighted by Crippen LogP contribution is 2.25. The molecule has 10 nitrogen and oxygen atoms in total. The molecule has 2 atom stereocenters. The van der Waals surface area contributed by atoms with Crippen LogP contribution in [0, 0.1) is 11.3 Å². The number of rotatable bonds is 12. The molecule has 0 spiro atoms. The SMILES string of the molecule is CC(C)Oc1ccc(CC(C(=O)NC(Cc2ccc(C#N)cc2)C(=O)N2CCCC2)S(=O)(=O)Nc2cccc3cccnc23)cc1. The van der Waals surface area contributed by atoms with Gasteiger partial charge in [0.05, 0.1) is 28.9 Å². The molecule has 2 heterocycles. The van der Waals surface area contributed by atoms with Crippen molar-refractivity contribution in [3.63, 3.8) is 0 Å². The lowest BCUT2D eigenvalue weighted by Crippen LogP contribution is -2.53. The van der Waals surface area contributed by atoms with E-state index in [1.807, 2.05) is 26.0 Å². The molecule has 2 amide bonds. The third kappa shape index (κ3) is 8.00. The molecular weight excluding hydrogens is 602 g/mol. The second-order valence-corrected chi connectivity index (χ2v) is 13.5.